The molecule has 0 saturated heterocycles. The number of aliphatic carboxylic acids is 1. The molecule has 0 bridgehead atoms. The topological polar surface area (TPSA) is 55.8 Å². The lowest BCUT2D eigenvalue weighted by atomic mass is 9.67. The van der Waals surface area contributed by atoms with Gasteiger partial charge in [-0.25, -0.2) is 0 Å². The summed E-state index contributed by atoms with van der Waals surface area (Å²) in [6.07, 6.45) is 5.51. The van der Waals surface area contributed by atoms with E-state index in [0.717, 1.165) is 38.7 Å². The molecule has 1 N–H and O–H groups in total. The number of hydrogen-bond acceptors (Lipinski definition) is 3. The normalized spacial score (nSPS) is 17.7. The lowest BCUT2D eigenvalue weighted by Crippen LogP contribution is -2.38. The molecule has 1 aliphatic rings. The molecule has 0 aromatic heterocycles. The Morgan fingerprint density at radius 3 is 2.29 bits per heavy atom. The van der Waals surface area contributed by atoms with Gasteiger partial charge in [0.1, 0.15) is 0 Å². The summed E-state index contributed by atoms with van der Waals surface area (Å²) in [5.74, 6) is -0.661. The summed E-state index contributed by atoms with van der Waals surface area (Å²) in [5, 5.41) is 9.10. The van der Waals surface area contributed by atoms with Crippen LogP contribution in [0.3, 0.4) is 0 Å². The van der Waals surface area contributed by atoms with Gasteiger partial charge in [0.2, 0.25) is 0 Å². The number of hydrogen-bond donors (Lipinski definition) is 1. The van der Waals surface area contributed by atoms with E-state index in [0.29, 0.717) is 26.2 Å². The molecule has 0 atom stereocenters. The third-order valence-corrected chi connectivity index (χ3v) is 3.50. The maximum absolute atomic E-state index is 11.1. The van der Waals surface area contributed by atoms with E-state index >= 15 is 0 Å². The van der Waals surface area contributed by atoms with E-state index < -0.39 is 11.4 Å². The molecule has 0 heterocycles. The van der Waals surface area contributed by atoms with Crippen molar-refractivity contribution < 1.29 is 19.4 Å². The quantitative estimate of drug-likeness (QED) is 0.600. The van der Waals surface area contributed by atoms with E-state index in [1.54, 1.807) is 0 Å². The van der Waals surface area contributed by atoms with Crippen molar-refractivity contribution in [1.29, 1.82) is 0 Å². The fraction of sp³-hybridized carbons (Fsp3) is 0.923. The highest BCUT2D eigenvalue weighted by Crippen LogP contribution is 2.44. The van der Waals surface area contributed by atoms with E-state index in [1.807, 2.05) is 0 Å². The second-order valence-corrected chi connectivity index (χ2v) is 4.77. The molecule has 0 spiro atoms. The second-order valence-electron chi connectivity index (χ2n) is 4.77. The van der Waals surface area contributed by atoms with Crippen molar-refractivity contribution in [3.8, 4) is 0 Å². The molecule has 4 nitrogen and oxygen atoms in total. The number of carboxylic acids is 1. The number of unbranched alkanes of at least 4 members (excludes halogenated alkanes) is 1. The maximum Gasteiger partial charge on any atom is 0.309 e. The van der Waals surface area contributed by atoms with Crippen LogP contribution in [0.15, 0.2) is 0 Å². The molecule has 1 rings (SSSR count). The van der Waals surface area contributed by atoms with Gasteiger partial charge in [-0.3, -0.25) is 4.79 Å². The third kappa shape index (κ3) is 4.64. The largest absolute Gasteiger partial charge is 0.481 e. The summed E-state index contributed by atoms with van der Waals surface area (Å²) in [7, 11) is 0. The Morgan fingerprint density at radius 2 is 1.82 bits per heavy atom. The molecule has 1 aliphatic carbocycles. The smallest absolute Gasteiger partial charge is 0.309 e. The van der Waals surface area contributed by atoms with Crippen LogP contribution in [0.25, 0.3) is 0 Å². The summed E-state index contributed by atoms with van der Waals surface area (Å²) < 4.78 is 10.8. The van der Waals surface area contributed by atoms with Crippen molar-refractivity contribution in [3.63, 3.8) is 0 Å². The highest BCUT2D eigenvalue weighted by Gasteiger charge is 2.43. The van der Waals surface area contributed by atoms with E-state index in [2.05, 4.69) is 6.92 Å². The van der Waals surface area contributed by atoms with Gasteiger partial charge in [0.25, 0.3) is 0 Å². The molecule has 0 aromatic carbocycles. The van der Waals surface area contributed by atoms with E-state index in [4.69, 9.17) is 14.6 Å². The Morgan fingerprint density at radius 1 is 1.18 bits per heavy atom. The molecule has 4 heteroatoms. The van der Waals surface area contributed by atoms with Crippen LogP contribution in [-0.4, -0.2) is 37.5 Å². The number of carbonyl (C=O) groups is 1. The standard InChI is InChI=1S/C13H24O4/c1-2-3-8-16-10-11-17-9-7-13(12(14)15)5-4-6-13/h2-11H2,1H3,(H,14,15). The number of rotatable bonds is 10. The average molecular weight is 244 g/mol. The molecule has 0 aliphatic heterocycles. The predicted molar refractivity (Wildman–Crippen MR) is 65.1 cm³/mol. The molecule has 0 radical (unpaired) electrons. The monoisotopic (exact) mass is 244 g/mol. The minimum atomic E-state index is -0.661. The molecular weight excluding hydrogens is 220 g/mol. The zero-order valence-electron chi connectivity index (χ0n) is 10.7. The first-order valence-electron chi connectivity index (χ1n) is 6.60. The fourth-order valence-electron chi connectivity index (χ4n) is 2.01. The van der Waals surface area contributed by atoms with Gasteiger partial charge in [0, 0.05) is 13.2 Å². The molecular formula is C13H24O4. The molecule has 17 heavy (non-hydrogen) atoms. The van der Waals surface area contributed by atoms with Gasteiger partial charge < -0.3 is 14.6 Å². The van der Waals surface area contributed by atoms with Gasteiger partial charge in [0.15, 0.2) is 0 Å². The molecule has 0 unspecified atom stereocenters. The van der Waals surface area contributed by atoms with Crippen LogP contribution >= 0.6 is 0 Å². The van der Waals surface area contributed by atoms with Gasteiger partial charge in [0.05, 0.1) is 18.6 Å². The first kappa shape index (κ1) is 14.5. The van der Waals surface area contributed by atoms with Crippen molar-refractivity contribution in [2.75, 3.05) is 26.4 Å². The van der Waals surface area contributed by atoms with Crippen LogP contribution in [-0.2, 0) is 14.3 Å². The van der Waals surface area contributed by atoms with Crippen molar-refractivity contribution in [1.82, 2.24) is 0 Å². The molecule has 0 amide bonds. The Bertz CT molecular complexity index is 223. The summed E-state index contributed by atoms with van der Waals surface area (Å²) >= 11 is 0. The highest BCUT2D eigenvalue weighted by molar-refractivity contribution is 5.75. The first-order chi connectivity index (χ1) is 8.21. The van der Waals surface area contributed by atoms with Crippen molar-refractivity contribution in [2.24, 2.45) is 5.41 Å². The van der Waals surface area contributed by atoms with Crippen LogP contribution in [0.1, 0.15) is 45.4 Å². The van der Waals surface area contributed by atoms with Crippen molar-refractivity contribution >= 4 is 5.97 Å². The Labute approximate surface area is 103 Å². The maximum atomic E-state index is 11.1. The minimum absolute atomic E-state index is 0.483. The summed E-state index contributed by atoms with van der Waals surface area (Å²) in [6, 6.07) is 0. The SMILES string of the molecule is CCCCOCCOCCC1(C(=O)O)CCC1. The fourth-order valence-corrected chi connectivity index (χ4v) is 2.01. The first-order valence-corrected chi connectivity index (χ1v) is 6.60. The summed E-state index contributed by atoms with van der Waals surface area (Å²) in [5.41, 5.74) is -0.483. The summed E-state index contributed by atoms with van der Waals surface area (Å²) in [4.78, 5) is 11.1. The molecule has 0 aromatic rings. The van der Waals surface area contributed by atoms with E-state index in [1.165, 1.54) is 0 Å². The lowest BCUT2D eigenvalue weighted by Gasteiger charge is -2.37. The van der Waals surface area contributed by atoms with Gasteiger partial charge in [-0.1, -0.05) is 19.8 Å². The Balaban J connectivity index is 1.95. The highest BCUT2D eigenvalue weighted by atomic mass is 16.5. The third-order valence-electron chi connectivity index (χ3n) is 3.50. The Kier molecular flexibility index (Phi) is 6.52. The van der Waals surface area contributed by atoms with Crippen LogP contribution in [0.2, 0.25) is 0 Å². The van der Waals surface area contributed by atoms with Crippen LogP contribution in [0.4, 0.5) is 0 Å². The van der Waals surface area contributed by atoms with Crippen LogP contribution < -0.4 is 0 Å². The minimum Gasteiger partial charge on any atom is -0.481 e. The van der Waals surface area contributed by atoms with Crippen LogP contribution in [0, 0.1) is 5.41 Å². The van der Waals surface area contributed by atoms with Crippen molar-refractivity contribution in [2.45, 2.75) is 45.4 Å². The molecule has 1 fully saturated rings. The van der Waals surface area contributed by atoms with Gasteiger partial charge in [-0.15, -0.1) is 0 Å². The van der Waals surface area contributed by atoms with Crippen molar-refractivity contribution in [3.05, 3.63) is 0 Å². The van der Waals surface area contributed by atoms with E-state index in [-0.39, 0.29) is 0 Å². The average Bonchev–Trinajstić information content (AvgIpc) is 2.24. The zero-order chi connectivity index (χ0) is 12.6. The van der Waals surface area contributed by atoms with Gasteiger partial charge >= 0.3 is 5.97 Å². The molecule has 100 valence electrons. The zero-order valence-corrected chi connectivity index (χ0v) is 10.7. The Hall–Kier alpha value is -0.610. The van der Waals surface area contributed by atoms with Gasteiger partial charge in [-0.05, 0) is 25.7 Å². The summed E-state index contributed by atoms with van der Waals surface area (Å²) in [6.45, 7) is 4.63. The number of carboxylic acid groups (broad SMARTS) is 1. The van der Waals surface area contributed by atoms with E-state index in [9.17, 15) is 4.79 Å². The lowest BCUT2D eigenvalue weighted by molar-refractivity contribution is -0.156. The van der Waals surface area contributed by atoms with Crippen LogP contribution in [0.5, 0.6) is 0 Å². The van der Waals surface area contributed by atoms with Gasteiger partial charge in [-0.2, -0.15) is 0 Å². The number of ether oxygens (including phenoxy) is 2. The molecule has 1 saturated carbocycles. The predicted octanol–water partition coefficient (Wildman–Crippen LogP) is 2.46. The second kappa shape index (κ2) is 7.67.